The van der Waals surface area contributed by atoms with Crippen molar-refractivity contribution in [2.24, 2.45) is 5.73 Å². The molecule has 2 heterocycles. The number of hydrogen-bond acceptors (Lipinski definition) is 4. The Balaban J connectivity index is 1.94. The molecule has 1 fully saturated rings. The number of nitrogens with zero attached hydrogens (tertiary/aromatic N) is 1. The van der Waals surface area contributed by atoms with Gasteiger partial charge < -0.3 is 15.5 Å². The lowest BCUT2D eigenvalue weighted by Crippen LogP contribution is -2.46. The number of fused-ring (bicyclic) bond motifs is 1. The van der Waals surface area contributed by atoms with E-state index in [1.165, 1.54) is 24.8 Å². The number of benzene rings is 2. The van der Waals surface area contributed by atoms with Crippen LogP contribution in [0.25, 0.3) is 22.0 Å². The van der Waals surface area contributed by atoms with E-state index in [0.717, 1.165) is 41.5 Å². The maximum absolute atomic E-state index is 13.2. The van der Waals surface area contributed by atoms with Gasteiger partial charge in [0.2, 0.25) is 0 Å². The van der Waals surface area contributed by atoms with Gasteiger partial charge in [-0.25, -0.2) is 0 Å². The molecule has 2 aromatic carbocycles. The first-order valence-electron chi connectivity index (χ1n) is 12.8. The summed E-state index contributed by atoms with van der Waals surface area (Å²) in [6.45, 7) is 6.93. The molecule has 0 aliphatic carbocycles. The number of rotatable bonds is 8. The topological polar surface area (TPSA) is 95.2 Å². The molecule has 4 rings (SSSR count). The van der Waals surface area contributed by atoms with E-state index >= 15 is 0 Å². The van der Waals surface area contributed by atoms with Crippen LogP contribution < -0.4 is 16.0 Å². The largest absolute Gasteiger partial charge is 0.497 e. The molecule has 0 radical (unpaired) electrons. The standard InChI is InChI=1S/C29H38N4O2/c1-5-6-13-27(33-18(2)9-7-10-19(33)3)25-15-22(35-4)16-26-24(25)17-23(29(34)32-26)20-11-8-12-21(14-20)28(30)31/h8,11-12,14-19,27H,5-7,9-10,13H2,1-4H3,(H3,30,31)(H,32,34). The predicted molar refractivity (Wildman–Crippen MR) is 144 cm³/mol. The molecule has 0 saturated carbocycles. The van der Waals surface area contributed by atoms with Crippen LogP contribution >= 0.6 is 0 Å². The summed E-state index contributed by atoms with van der Waals surface area (Å²) >= 11 is 0. The van der Waals surface area contributed by atoms with E-state index in [0.29, 0.717) is 23.2 Å². The molecule has 4 N–H and O–H groups in total. The lowest BCUT2D eigenvalue weighted by Gasteiger charge is -2.45. The molecule has 3 atom stereocenters. The minimum atomic E-state index is -0.165. The van der Waals surface area contributed by atoms with Gasteiger partial charge in [-0.3, -0.25) is 15.1 Å². The second kappa shape index (κ2) is 10.6. The fourth-order valence-corrected chi connectivity index (χ4v) is 5.69. The predicted octanol–water partition coefficient (Wildman–Crippen LogP) is 5.98. The number of aromatic amines is 1. The second-order valence-electron chi connectivity index (χ2n) is 9.92. The number of aromatic nitrogens is 1. The van der Waals surface area contributed by atoms with Crippen molar-refractivity contribution in [1.29, 1.82) is 5.41 Å². The van der Waals surface area contributed by atoms with Crippen LogP contribution in [0.4, 0.5) is 0 Å². The van der Waals surface area contributed by atoms with E-state index < -0.39 is 0 Å². The maximum Gasteiger partial charge on any atom is 0.256 e. The Hall–Kier alpha value is -3.12. The number of piperidine rings is 1. The first kappa shape index (κ1) is 25.0. The van der Waals surface area contributed by atoms with Crippen molar-refractivity contribution in [3.05, 3.63) is 63.9 Å². The van der Waals surface area contributed by atoms with E-state index in [4.69, 9.17) is 15.9 Å². The van der Waals surface area contributed by atoms with E-state index in [-0.39, 0.29) is 17.4 Å². The fourth-order valence-electron chi connectivity index (χ4n) is 5.69. The zero-order chi connectivity index (χ0) is 25.1. The summed E-state index contributed by atoms with van der Waals surface area (Å²) in [6, 6.07) is 14.7. The molecule has 186 valence electrons. The minimum absolute atomic E-state index is 0.0119. The third kappa shape index (κ3) is 5.13. The molecule has 1 aliphatic rings. The monoisotopic (exact) mass is 474 g/mol. The van der Waals surface area contributed by atoms with Gasteiger partial charge in [0.15, 0.2) is 0 Å². The van der Waals surface area contributed by atoms with Crippen LogP contribution in [0, 0.1) is 5.41 Å². The van der Waals surface area contributed by atoms with Crippen molar-refractivity contribution in [1.82, 2.24) is 9.88 Å². The number of H-pyrrole nitrogens is 1. The van der Waals surface area contributed by atoms with Gasteiger partial charge in [0.25, 0.3) is 5.56 Å². The van der Waals surface area contributed by atoms with Gasteiger partial charge in [-0.05, 0) is 62.4 Å². The van der Waals surface area contributed by atoms with Crippen LogP contribution in [-0.4, -0.2) is 34.9 Å². The Labute approximate surface area is 208 Å². The van der Waals surface area contributed by atoms with Crippen LogP contribution in [0.3, 0.4) is 0 Å². The molecule has 6 heteroatoms. The number of nitrogen functional groups attached to an aromatic ring is 1. The van der Waals surface area contributed by atoms with E-state index in [1.807, 2.05) is 30.3 Å². The Morgan fingerprint density at radius 2 is 1.94 bits per heavy atom. The molecule has 1 aliphatic heterocycles. The Bertz CT molecular complexity index is 1260. The zero-order valence-corrected chi connectivity index (χ0v) is 21.4. The molecule has 1 aromatic heterocycles. The van der Waals surface area contributed by atoms with Gasteiger partial charge >= 0.3 is 0 Å². The molecular formula is C29H38N4O2. The zero-order valence-electron chi connectivity index (χ0n) is 21.4. The second-order valence-corrected chi connectivity index (χ2v) is 9.92. The number of nitrogens with one attached hydrogen (secondary N) is 2. The highest BCUT2D eigenvalue weighted by molar-refractivity contribution is 5.96. The van der Waals surface area contributed by atoms with Crippen molar-refractivity contribution < 1.29 is 4.74 Å². The van der Waals surface area contributed by atoms with Crippen LogP contribution in [-0.2, 0) is 0 Å². The quantitative estimate of drug-likeness (QED) is 0.276. The molecule has 1 saturated heterocycles. The molecule has 3 unspecified atom stereocenters. The molecule has 3 aromatic rings. The molecule has 35 heavy (non-hydrogen) atoms. The summed E-state index contributed by atoms with van der Waals surface area (Å²) < 4.78 is 5.68. The highest BCUT2D eigenvalue weighted by atomic mass is 16.5. The summed E-state index contributed by atoms with van der Waals surface area (Å²) in [5.74, 6) is 0.746. The number of methoxy groups -OCH3 is 1. The summed E-state index contributed by atoms with van der Waals surface area (Å²) in [5, 5.41) is 8.84. The van der Waals surface area contributed by atoms with E-state index in [1.54, 1.807) is 13.2 Å². The van der Waals surface area contributed by atoms with E-state index in [9.17, 15) is 4.79 Å². The summed E-state index contributed by atoms with van der Waals surface area (Å²) in [7, 11) is 1.68. The highest BCUT2D eigenvalue weighted by Gasteiger charge is 2.33. The number of ether oxygens (including phenoxy) is 1. The average Bonchev–Trinajstić information content (AvgIpc) is 2.84. The third-order valence-corrected chi connectivity index (χ3v) is 7.50. The summed E-state index contributed by atoms with van der Waals surface area (Å²) in [5.41, 5.74) is 9.49. The van der Waals surface area contributed by atoms with Gasteiger partial charge in [0.1, 0.15) is 11.6 Å². The van der Waals surface area contributed by atoms with Crippen molar-refractivity contribution in [3.8, 4) is 16.9 Å². The number of nitrogens with two attached hydrogens (primary N) is 1. The number of amidine groups is 1. The Morgan fingerprint density at radius 3 is 2.60 bits per heavy atom. The van der Waals surface area contributed by atoms with Crippen molar-refractivity contribution in [3.63, 3.8) is 0 Å². The number of likely N-dealkylation sites (tertiary alicyclic amines) is 1. The third-order valence-electron chi connectivity index (χ3n) is 7.50. The SMILES string of the molecule is CCCCC(c1cc(OC)cc2[nH]c(=O)c(-c3cccc(C(=N)N)c3)cc12)N1C(C)CCCC1C. The van der Waals surface area contributed by atoms with Crippen molar-refractivity contribution in [2.75, 3.05) is 7.11 Å². The average molecular weight is 475 g/mol. The van der Waals surface area contributed by atoms with Gasteiger partial charge in [-0.15, -0.1) is 0 Å². The van der Waals surface area contributed by atoms with Gasteiger partial charge in [-0.1, -0.05) is 44.4 Å². The lowest BCUT2D eigenvalue weighted by molar-refractivity contribution is 0.0495. The molecule has 6 nitrogen and oxygen atoms in total. The Kier molecular flexibility index (Phi) is 7.60. The van der Waals surface area contributed by atoms with Crippen LogP contribution in [0.5, 0.6) is 5.75 Å². The van der Waals surface area contributed by atoms with Crippen molar-refractivity contribution in [2.45, 2.75) is 77.4 Å². The van der Waals surface area contributed by atoms with Crippen LogP contribution in [0.15, 0.2) is 47.3 Å². The van der Waals surface area contributed by atoms with E-state index in [2.05, 4.69) is 36.7 Å². The smallest absolute Gasteiger partial charge is 0.256 e. The summed E-state index contributed by atoms with van der Waals surface area (Å²) in [6.07, 6.45) is 7.00. The van der Waals surface area contributed by atoms with Crippen molar-refractivity contribution >= 4 is 16.7 Å². The molecule has 0 amide bonds. The van der Waals surface area contributed by atoms with Crippen LogP contribution in [0.2, 0.25) is 0 Å². The number of unbranched alkanes of at least 4 members (excludes halogenated alkanes) is 1. The van der Waals surface area contributed by atoms with Crippen LogP contribution in [0.1, 0.15) is 76.5 Å². The van der Waals surface area contributed by atoms with Gasteiger partial charge in [0, 0.05) is 40.7 Å². The Morgan fingerprint density at radius 1 is 1.20 bits per heavy atom. The first-order chi connectivity index (χ1) is 16.8. The first-order valence-corrected chi connectivity index (χ1v) is 12.8. The summed E-state index contributed by atoms with van der Waals surface area (Å²) in [4.78, 5) is 19.0. The van der Waals surface area contributed by atoms with Gasteiger partial charge in [-0.2, -0.15) is 0 Å². The normalized spacial score (nSPS) is 19.5. The molecule has 0 spiro atoms. The minimum Gasteiger partial charge on any atom is -0.497 e. The highest BCUT2D eigenvalue weighted by Crippen LogP contribution is 2.40. The number of pyridine rings is 1. The van der Waals surface area contributed by atoms with Gasteiger partial charge in [0.05, 0.1) is 12.6 Å². The molecule has 0 bridgehead atoms. The number of hydrogen-bond donors (Lipinski definition) is 3. The maximum atomic E-state index is 13.2. The lowest BCUT2D eigenvalue weighted by atomic mass is 9.88. The fraction of sp³-hybridized carbons (Fsp3) is 0.448. The molecular weight excluding hydrogens is 436 g/mol.